The van der Waals surface area contributed by atoms with Gasteiger partial charge in [-0.3, -0.25) is 4.79 Å². The Bertz CT molecular complexity index is 639. The maximum atomic E-state index is 13.8. The predicted molar refractivity (Wildman–Crippen MR) is 110 cm³/mol. The van der Waals surface area contributed by atoms with Crippen molar-refractivity contribution in [2.24, 2.45) is 34.0 Å². The van der Waals surface area contributed by atoms with Crippen LogP contribution in [-0.2, 0) is 19.0 Å². The third-order valence-electron chi connectivity index (χ3n) is 9.02. The monoisotopic (exact) mass is 390 g/mol. The van der Waals surface area contributed by atoms with E-state index in [1.54, 1.807) is 7.11 Å². The summed E-state index contributed by atoms with van der Waals surface area (Å²) in [6.45, 7) is 9.19. The number of rotatable bonds is 5. The van der Waals surface area contributed by atoms with E-state index in [1.165, 1.54) is 0 Å². The molecule has 4 heteroatoms. The van der Waals surface area contributed by atoms with Gasteiger partial charge in [-0.1, -0.05) is 27.7 Å². The highest BCUT2D eigenvalue weighted by Crippen LogP contribution is 2.68. The minimum atomic E-state index is -0.561. The molecule has 0 aromatic heterocycles. The molecule has 3 aliphatic carbocycles. The van der Waals surface area contributed by atoms with Crippen LogP contribution in [0, 0.1) is 46.3 Å². The molecule has 0 aromatic rings. The van der Waals surface area contributed by atoms with Gasteiger partial charge < -0.3 is 14.2 Å². The fraction of sp³-hybridized carbons (Fsp3) is 0.875. The van der Waals surface area contributed by atoms with Gasteiger partial charge in [0.25, 0.3) is 0 Å². The van der Waals surface area contributed by atoms with Crippen LogP contribution in [0.3, 0.4) is 0 Å². The number of ketones is 1. The molecule has 0 heterocycles. The van der Waals surface area contributed by atoms with E-state index in [1.807, 2.05) is 7.11 Å². The number of methoxy groups -OCH3 is 2. The van der Waals surface area contributed by atoms with Crippen LogP contribution in [0.2, 0.25) is 0 Å². The second kappa shape index (κ2) is 7.74. The number of terminal acetylenes is 1. The molecule has 0 spiro atoms. The fourth-order valence-electron chi connectivity index (χ4n) is 7.27. The number of hydrogen-bond acceptors (Lipinski definition) is 4. The van der Waals surface area contributed by atoms with Crippen molar-refractivity contribution < 1.29 is 19.0 Å². The summed E-state index contributed by atoms with van der Waals surface area (Å²) in [5, 5.41) is 0. The summed E-state index contributed by atoms with van der Waals surface area (Å²) in [5.41, 5.74) is -0.670. The van der Waals surface area contributed by atoms with Gasteiger partial charge in [0.2, 0.25) is 0 Å². The van der Waals surface area contributed by atoms with Gasteiger partial charge in [-0.05, 0) is 49.4 Å². The zero-order valence-corrected chi connectivity index (χ0v) is 18.5. The average Bonchev–Trinajstić information content (AvgIpc) is 3.07. The van der Waals surface area contributed by atoms with Crippen molar-refractivity contribution in [3.63, 3.8) is 0 Å². The minimum absolute atomic E-state index is 0.00815. The Hall–Kier alpha value is -0.890. The van der Waals surface area contributed by atoms with Crippen molar-refractivity contribution in [2.45, 2.75) is 78.4 Å². The molecule has 0 N–H and O–H groups in total. The molecule has 3 fully saturated rings. The third kappa shape index (κ3) is 2.97. The highest BCUT2D eigenvalue weighted by atomic mass is 16.7. The highest BCUT2D eigenvalue weighted by Gasteiger charge is 2.68. The first-order valence-electron chi connectivity index (χ1n) is 10.8. The normalized spacial score (nSPS) is 48.5. The molecule has 8 atom stereocenters. The van der Waals surface area contributed by atoms with Crippen molar-refractivity contribution in [3.05, 3.63) is 0 Å². The van der Waals surface area contributed by atoms with Crippen LogP contribution in [0.15, 0.2) is 0 Å². The zero-order valence-electron chi connectivity index (χ0n) is 18.5. The van der Waals surface area contributed by atoms with Crippen molar-refractivity contribution >= 4 is 5.78 Å². The van der Waals surface area contributed by atoms with Gasteiger partial charge >= 0.3 is 0 Å². The van der Waals surface area contributed by atoms with E-state index in [2.05, 4.69) is 33.6 Å². The van der Waals surface area contributed by atoms with Gasteiger partial charge in [-0.15, -0.1) is 12.3 Å². The lowest BCUT2D eigenvalue weighted by atomic mass is 9.44. The molecule has 2 bridgehead atoms. The predicted octanol–water partition coefficient (Wildman–Crippen LogP) is 4.46. The van der Waals surface area contributed by atoms with Gasteiger partial charge in [-0.25, -0.2) is 0 Å². The SMILES string of the molecule is C#CC[C@]1(C)C[C@@H](OCOC)[C@@]2(C)C3C(OC)CCC3(CC[C@H]2C)[C@@H](C)C1=O. The average molecular weight is 391 g/mol. The van der Waals surface area contributed by atoms with E-state index in [9.17, 15) is 4.79 Å². The maximum Gasteiger partial charge on any atom is 0.146 e. The minimum Gasteiger partial charge on any atom is -0.381 e. The zero-order chi connectivity index (χ0) is 20.7. The number of Topliss-reactive ketones (excluding diaryl/α,β-unsaturated/α-hetero) is 1. The molecule has 0 aliphatic heterocycles. The van der Waals surface area contributed by atoms with Crippen molar-refractivity contribution in [1.29, 1.82) is 0 Å². The molecule has 3 aliphatic rings. The van der Waals surface area contributed by atoms with Crippen LogP contribution in [0.25, 0.3) is 0 Å². The highest BCUT2D eigenvalue weighted by molar-refractivity contribution is 5.88. The van der Waals surface area contributed by atoms with Gasteiger partial charge in [0, 0.05) is 37.4 Å². The summed E-state index contributed by atoms with van der Waals surface area (Å²) in [4.78, 5) is 13.8. The van der Waals surface area contributed by atoms with Crippen LogP contribution < -0.4 is 0 Å². The summed E-state index contributed by atoms with van der Waals surface area (Å²) in [5.74, 6) is 3.89. The number of hydrogen-bond donors (Lipinski definition) is 0. The number of carbonyl (C=O) groups excluding carboxylic acids is 1. The molecule has 3 rings (SSSR count). The van der Waals surface area contributed by atoms with Crippen LogP contribution in [0.5, 0.6) is 0 Å². The van der Waals surface area contributed by atoms with E-state index in [4.69, 9.17) is 20.6 Å². The van der Waals surface area contributed by atoms with Gasteiger partial charge in [0.1, 0.15) is 12.6 Å². The van der Waals surface area contributed by atoms with Crippen molar-refractivity contribution in [1.82, 2.24) is 0 Å². The van der Waals surface area contributed by atoms with Crippen LogP contribution in [0.1, 0.15) is 66.2 Å². The second-order valence-electron chi connectivity index (χ2n) is 10.1. The second-order valence-corrected chi connectivity index (χ2v) is 10.1. The van der Waals surface area contributed by atoms with E-state index >= 15 is 0 Å². The topological polar surface area (TPSA) is 44.8 Å². The Labute approximate surface area is 171 Å². The van der Waals surface area contributed by atoms with Gasteiger partial charge in [0.15, 0.2) is 0 Å². The lowest BCUT2D eigenvalue weighted by Crippen LogP contribution is -2.62. The molecular weight excluding hydrogens is 352 g/mol. The largest absolute Gasteiger partial charge is 0.381 e. The Morgan fingerprint density at radius 2 is 1.86 bits per heavy atom. The van der Waals surface area contributed by atoms with Crippen molar-refractivity contribution in [2.75, 3.05) is 21.0 Å². The first-order valence-corrected chi connectivity index (χ1v) is 10.8. The summed E-state index contributed by atoms with van der Waals surface area (Å²) < 4.78 is 17.7. The lowest BCUT2D eigenvalue weighted by molar-refractivity contribution is -0.219. The Kier molecular flexibility index (Phi) is 6.03. The molecule has 0 aromatic carbocycles. The van der Waals surface area contributed by atoms with Gasteiger partial charge in [-0.2, -0.15) is 0 Å². The molecule has 3 saturated carbocycles. The van der Waals surface area contributed by atoms with E-state index in [0.717, 1.165) is 25.7 Å². The standard InChI is InChI=1S/C24H38O4/c1-8-11-22(4)14-19(28-15-26-6)23(5)16(2)9-12-24(17(3)21(22)25)13-10-18(27-7)20(23)24/h1,16-20H,9-15H2,2-7H3/t16-,17+,18?,19-,20?,22-,23+,24?/m1/s1. The van der Waals surface area contributed by atoms with Crippen LogP contribution in [0.4, 0.5) is 0 Å². The van der Waals surface area contributed by atoms with Crippen LogP contribution >= 0.6 is 0 Å². The lowest BCUT2D eigenvalue weighted by Gasteiger charge is -2.62. The first-order chi connectivity index (χ1) is 13.2. The molecule has 28 heavy (non-hydrogen) atoms. The molecule has 0 radical (unpaired) electrons. The summed E-state index contributed by atoms with van der Waals surface area (Å²) >= 11 is 0. The summed E-state index contributed by atoms with van der Waals surface area (Å²) in [7, 11) is 3.48. The van der Waals surface area contributed by atoms with E-state index in [0.29, 0.717) is 30.5 Å². The Balaban J connectivity index is 2.19. The van der Waals surface area contributed by atoms with E-state index < -0.39 is 5.41 Å². The molecule has 158 valence electrons. The molecule has 4 nitrogen and oxygen atoms in total. The Morgan fingerprint density at radius 1 is 1.18 bits per heavy atom. The maximum absolute atomic E-state index is 13.8. The molecule has 0 amide bonds. The smallest absolute Gasteiger partial charge is 0.146 e. The summed E-state index contributed by atoms with van der Waals surface area (Å²) in [6, 6.07) is 0. The first kappa shape index (κ1) is 21.8. The fourth-order valence-corrected chi connectivity index (χ4v) is 7.27. The Morgan fingerprint density at radius 3 is 2.46 bits per heavy atom. The number of ether oxygens (including phenoxy) is 3. The summed E-state index contributed by atoms with van der Waals surface area (Å²) in [6.07, 6.45) is 11.2. The molecule has 3 unspecified atom stereocenters. The third-order valence-corrected chi connectivity index (χ3v) is 9.02. The van der Waals surface area contributed by atoms with Gasteiger partial charge in [0.05, 0.1) is 12.2 Å². The van der Waals surface area contributed by atoms with Crippen molar-refractivity contribution in [3.8, 4) is 12.3 Å². The van der Waals surface area contributed by atoms with E-state index in [-0.39, 0.29) is 35.7 Å². The quantitative estimate of drug-likeness (QED) is 0.513. The molecular formula is C24H38O4. The van der Waals surface area contributed by atoms with Crippen LogP contribution in [-0.4, -0.2) is 39.0 Å². The number of carbonyl (C=O) groups is 1. The molecule has 0 saturated heterocycles.